The Hall–Kier alpha value is -1.37. The minimum atomic E-state index is -4.68. The van der Waals surface area contributed by atoms with Gasteiger partial charge in [0.1, 0.15) is 0 Å². The highest BCUT2D eigenvalue weighted by Gasteiger charge is 2.37. The molecule has 0 amide bonds. The summed E-state index contributed by atoms with van der Waals surface area (Å²) in [4.78, 5) is 3.33. The maximum atomic E-state index is 13.8. The highest BCUT2D eigenvalue weighted by molar-refractivity contribution is 6.30. The summed E-state index contributed by atoms with van der Waals surface area (Å²) in [5.74, 6) is -2.01. The molecular weight excluding hydrogens is 274 g/mol. The van der Waals surface area contributed by atoms with Crippen molar-refractivity contribution in [1.82, 2.24) is 14.6 Å². The van der Waals surface area contributed by atoms with Crippen LogP contribution in [0, 0.1) is 5.82 Å². The van der Waals surface area contributed by atoms with E-state index in [1.807, 2.05) is 0 Å². The van der Waals surface area contributed by atoms with Crippen molar-refractivity contribution in [1.29, 1.82) is 0 Å². The molecule has 0 spiro atoms. The molecule has 1 fully saturated rings. The monoisotopic (exact) mass is 279 g/mol. The number of alkyl halides is 3. The second-order valence-electron chi connectivity index (χ2n) is 4.18. The minimum absolute atomic E-state index is 0.0264. The van der Waals surface area contributed by atoms with E-state index >= 15 is 0 Å². The van der Waals surface area contributed by atoms with Crippen molar-refractivity contribution in [3.8, 4) is 0 Å². The summed E-state index contributed by atoms with van der Waals surface area (Å²) in [5, 5.41) is 2.71. The van der Waals surface area contributed by atoms with Gasteiger partial charge in [0.2, 0.25) is 0 Å². The van der Waals surface area contributed by atoms with E-state index < -0.39 is 23.0 Å². The molecule has 0 radical (unpaired) electrons. The first kappa shape index (κ1) is 11.7. The van der Waals surface area contributed by atoms with Crippen LogP contribution < -0.4 is 0 Å². The zero-order chi connectivity index (χ0) is 13.1. The van der Waals surface area contributed by atoms with E-state index in [-0.39, 0.29) is 11.6 Å². The molecule has 8 heteroatoms. The molecule has 96 valence electrons. The zero-order valence-corrected chi connectivity index (χ0v) is 9.56. The lowest BCUT2D eigenvalue weighted by atomic mass is 10.1. The molecule has 0 atom stereocenters. The summed E-state index contributed by atoms with van der Waals surface area (Å²) in [6.07, 6.45) is -3.06. The second kappa shape index (κ2) is 3.57. The molecule has 3 nitrogen and oxygen atoms in total. The van der Waals surface area contributed by atoms with Crippen molar-refractivity contribution >= 4 is 17.2 Å². The van der Waals surface area contributed by atoms with Crippen LogP contribution in [-0.4, -0.2) is 14.6 Å². The largest absolute Gasteiger partial charge is 0.453 e. The van der Waals surface area contributed by atoms with E-state index in [2.05, 4.69) is 10.1 Å². The van der Waals surface area contributed by atoms with Gasteiger partial charge in [0, 0.05) is 0 Å². The summed E-state index contributed by atoms with van der Waals surface area (Å²) in [5.41, 5.74) is 0.226. The van der Waals surface area contributed by atoms with E-state index in [1.165, 1.54) is 6.07 Å². The second-order valence-corrected chi connectivity index (χ2v) is 4.54. The Morgan fingerprint density at radius 2 is 2.00 bits per heavy atom. The molecule has 3 rings (SSSR count). The maximum Gasteiger partial charge on any atom is 0.453 e. The quantitative estimate of drug-likeness (QED) is 0.591. The molecule has 1 aliphatic rings. The first-order valence-corrected chi connectivity index (χ1v) is 5.57. The third kappa shape index (κ3) is 1.73. The Balaban J connectivity index is 2.24. The summed E-state index contributed by atoms with van der Waals surface area (Å²) in [6.45, 7) is 0. The lowest BCUT2D eigenvalue weighted by molar-refractivity contribution is -0.144. The Morgan fingerprint density at radius 1 is 1.33 bits per heavy atom. The van der Waals surface area contributed by atoms with Crippen LogP contribution in [0.4, 0.5) is 17.6 Å². The van der Waals surface area contributed by atoms with Gasteiger partial charge in [-0.2, -0.15) is 17.7 Å². The molecular formula is C10H6ClF4N3. The predicted octanol–water partition coefficient (Wildman–Crippen LogP) is 3.42. The van der Waals surface area contributed by atoms with Crippen molar-refractivity contribution in [3.63, 3.8) is 0 Å². The van der Waals surface area contributed by atoms with Gasteiger partial charge < -0.3 is 0 Å². The van der Waals surface area contributed by atoms with Crippen LogP contribution in [0.1, 0.15) is 30.1 Å². The molecule has 2 aromatic heterocycles. The SMILES string of the molecule is Fc1c(C2CC2)cc2nc(C(F)(F)F)nn2c1Cl. The molecule has 2 aromatic rings. The van der Waals surface area contributed by atoms with Gasteiger partial charge in [-0.25, -0.2) is 9.37 Å². The fraction of sp³-hybridized carbons (Fsp3) is 0.400. The fourth-order valence-corrected chi connectivity index (χ4v) is 2.02. The lowest BCUT2D eigenvalue weighted by Gasteiger charge is -2.03. The number of rotatable bonds is 1. The summed E-state index contributed by atoms with van der Waals surface area (Å²) >= 11 is 5.68. The molecule has 0 unspecified atom stereocenters. The number of hydrogen-bond acceptors (Lipinski definition) is 2. The van der Waals surface area contributed by atoms with Crippen molar-refractivity contribution in [2.75, 3.05) is 0 Å². The van der Waals surface area contributed by atoms with E-state index in [1.54, 1.807) is 0 Å². The van der Waals surface area contributed by atoms with Gasteiger partial charge in [-0.05, 0) is 30.4 Å². The number of pyridine rings is 1. The van der Waals surface area contributed by atoms with Gasteiger partial charge in [-0.15, -0.1) is 5.10 Å². The van der Waals surface area contributed by atoms with Crippen LogP contribution in [0.5, 0.6) is 0 Å². The fourth-order valence-electron chi connectivity index (χ4n) is 1.79. The molecule has 0 aliphatic heterocycles. The van der Waals surface area contributed by atoms with Gasteiger partial charge in [0.15, 0.2) is 16.6 Å². The van der Waals surface area contributed by atoms with Crippen LogP contribution in [0.2, 0.25) is 5.15 Å². The topological polar surface area (TPSA) is 30.2 Å². The highest BCUT2D eigenvalue weighted by atomic mass is 35.5. The third-order valence-corrected chi connectivity index (χ3v) is 3.13. The normalized spacial score (nSPS) is 16.5. The average Bonchev–Trinajstić information content (AvgIpc) is 3.01. The van der Waals surface area contributed by atoms with E-state index in [0.29, 0.717) is 10.1 Å². The van der Waals surface area contributed by atoms with Gasteiger partial charge in [0.05, 0.1) is 0 Å². The molecule has 1 aliphatic carbocycles. The highest BCUT2D eigenvalue weighted by Crippen LogP contribution is 2.43. The Labute approximate surface area is 103 Å². The lowest BCUT2D eigenvalue weighted by Crippen LogP contribution is -2.07. The standard InChI is InChI=1S/C10H6ClF4N3/c11-8-7(12)5(4-1-2-4)3-6-16-9(10(13,14)15)17-18(6)8/h3-4H,1-2H2. The van der Waals surface area contributed by atoms with Gasteiger partial charge in [0.25, 0.3) is 5.82 Å². The first-order valence-electron chi connectivity index (χ1n) is 5.20. The van der Waals surface area contributed by atoms with Gasteiger partial charge >= 0.3 is 6.18 Å². The molecule has 0 bridgehead atoms. The zero-order valence-electron chi connectivity index (χ0n) is 8.80. The molecule has 0 N–H and O–H groups in total. The third-order valence-electron chi connectivity index (χ3n) is 2.81. The smallest absolute Gasteiger partial charge is 0.203 e. The summed E-state index contributed by atoms with van der Waals surface area (Å²) in [6, 6.07) is 1.28. The summed E-state index contributed by atoms with van der Waals surface area (Å²) in [7, 11) is 0. The Kier molecular flexibility index (Phi) is 2.32. The van der Waals surface area contributed by atoms with Crippen LogP contribution in [-0.2, 0) is 6.18 Å². The number of nitrogens with zero attached hydrogens (tertiary/aromatic N) is 3. The molecule has 0 saturated heterocycles. The van der Waals surface area contributed by atoms with Crippen LogP contribution in [0.15, 0.2) is 6.07 Å². The Bertz CT molecular complexity index is 630. The summed E-state index contributed by atoms with van der Waals surface area (Å²) < 4.78 is 51.9. The number of hydrogen-bond donors (Lipinski definition) is 0. The van der Waals surface area contributed by atoms with Crippen LogP contribution >= 0.6 is 11.6 Å². The minimum Gasteiger partial charge on any atom is -0.203 e. The average molecular weight is 280 g/mol. The Morgan fingerprint density at radius 3 is 2.56 bits per heavy atom. The number of halogens is 5. The van der Waals surface area contributed by atoms with Crippen molar-refractivity contribution < 1.29 is 17.6 Å². The molecule has 18 heavy (non-hydrogen) atoms. The van der Waals surface area contributed by atoms with Gasteiger partial charge in [-0.1, -0.05) is 11.6 Å². The van der Waals surface area contributed by atoms with Gasteiger partial charge in [-0.3, -0.25) is 0 Å². The van der Waals surface area contributed by atoms with E-state index in [4.69, 9.17) is 11.6 Å². The first-order chi connectivity index (χ1) is 8.38. The van der Waals surface area contributed by atoms with Crippen molar-refractivity contribution in [3.05, 3.63) is 28.4 Å². The molecule has 1 saturated carbocycles. The van der Waals surface area contributed by atoms with E-state index in [0.717, 1.165) is 12.8 Å². The van der Waals surface area contributed by atoms with E-state index in [9.17, 15) is 17.6 Å². The molecule has 2 heterocycles. The molecule has 0 aromatic carbocycles. The maximum absolute atomic E-state index is 13.8. The number of fused-ring (bicyclic) bond motifs is 1. The number of aromatic nitrogens is 3. The van der Waals surface area contributed by atoms with Crippen molar-refractivity contribution in [2.45, 2.75) is 24.9 Å². The van der Waals surface area contributed by atoms with Crippen LogP contribution in [0.25, 0.3) is 5.65 Å². The van der Waals surface area contributed by atoms with Crippen LogP contribution in [0.3, 0.4) is 0 Å². The predicted molar refractivity (Wildman–Crippen MR) is 54.9 cm³/mol. The van der Waals surface area contributed by atoms with Crippen molar-refractivity contribution in [2.24, 2.45) is 0 Å².